The number of thiophene rings is 1. The first-order valence-electron chi connectivity index (χ1n) is 11.1. The molecule has 2 aromatic heterocycles. The average molecular weight is 484 g/mol. The first-order valence-corrected chi connectivity index (χ1v) is 13.0. The van der Waals surface area contributed by atoms with Crippen molar-refractivity contribution in [1.82, 2.24) is 25.6 Å². The van der Waals surface area contributed by atoms with Crippen LogP contribution >= 0.6 is 23.1 Å². The number of nitrogens with one attached hydrogen (secondary N) is 2. The maximum atomic E-state index is 12.3. The minimum absolute atomic E-state index is 0.0882. The van der Waals surface area contributed by atoms with Crippen molar-refractivity contribution in [2.75, 3.05) is 5.75 Å². The molecule has 0 spiro atoms. The van der Waals surface area contributed by atoms with Crippen LogP contribution in [0.1, 0.15) is 67.7 Å². The van der Waals surface area contributed by atoms with E-state index in [0.29, 0.717) is 10.9 Å². The van der Waals surface area contributed by atoms with Crippen LogP contribution in [0.25, 0.3) is 11.4 Å². The fourth-order valence-corrected chi connectivity index (χ4v) is 5.37. The van der Waals surface area contributed by atoms with Crippen LogP contribution in [0.4, 0.5) is 0 Å². The Bertz CT molecular complexity index is 1100. The first kappa shape index (κ1) is 23.5. The molecule has 0 aliphatic heterocycles. The van der Waals surface area contributed by atoms with Gasteiger partial charge in [-0.15, -0.1) is 21.5 Å². The summed E-state index contributed by atoms with van der Waals surface area (Å²) in [4.78, 5) is 24.9. The minimum Gasteiger partial charge on any atom is -0.299 e. The van der Waals surface area contributed by atoms with Gasteiger partial charge in [0.15, 0.2) is 11.0 Å². The van der Waals surface area contributed by atoms with E-state index in [4.69, 9.17) is 0 Å². The molecule has 9 heteroatoms. The Kier molecular flexibility index (Phi) is 7.19. The molecular weight excluding hydrogens is 454 g/mol. The van der Waals surface area contributed by atoms with E-state index in [2.05, 4.69) is 70.7 Å². The molecule has 0 bridgehead atoms. The zero-order chi connectivity index (χ0) is 23.4. The van der Waals surface area contributed by atoms with E-state index < -0.39 is 0 Å². The van der Waals surface area contributed by atoms with Crippen LogP contribution in [0, 0.1) is 0 Å². The van der Waals surface area contributed by atoms with E-state index in [1.165, 1.54) is 41.5 Å². The van der Waals surface area contributed by atoms with Gasteiger partial charge < -0.3 is 0 Å². The van der Waals surface area contributed by atoms with E-state index in [0.717, 1.165) is 29.4 Å². The smallest absolute Gasteiger partial charge is 0.279 e. The molecule has 1 saturated carbocycles. The van der Waals surface area contributed by atoms with Gasteiger partial charge >= 0.3 is 0 Å². The average Bonchev–Trinajstić information content (AvgIpc) is 3.56. The number of carbonyl (C=O) groups excluding carboxylic acids is 2. The fourth-order valence-electron chi connectivity index (χ4n) is 3.95. The second-order valence-corrected chi connectivity index (χ2v) is 11.1. The van der Waals surface area contributed by atoms with Gasteiger partial charge in [0.2, 0.25) is 5.91 Å². The van der Waals surface area contributed by atoms with Crippen LogP contribution in [0.2, 0.25) is 0 Å². The van der Waals surface area contributed by atoms with Crippen molar-refractivity contribution in [3.63, 3.8) is 0 Å². The Morgan fingerprint density at radius 3 is 2.45 bits per heavy atom. The molecule has 2 heterocycles. The third-order valence-electron chi connectivity index (χ3n) is 5.76. The van der Waals surface area contributed by atoms with Gasteiger partial charge in [-0.3, -0.25) is 25.0 Å². The van der Waals surface area contributed by atoms with Crippen molar-refractivity contribution in [2.45, 2.75) is 63.1 Å². The largest absolute Gasteiger partial charge is 0.299 e. The molecule has 2 amide bonds. The Morgan fingerprint density at radius 2 is 1.82 bits per heavy atom. The number of hydrogen-bond acceptors (Lipinski definition) is 6. The molecule has 0 saturated heterocycles. The van der Waals surface area contributed by atoms with Crippen LogP contribution in [-0.2, 0) is 10.2 Å². The monoisotopic (exact) mass is 483 g/mol. The lowest BCUT2D eigenvalue weighted by Gasteiger charge is -2.20. The quantitative estimate of drug-likeness (QED) is 0.382. The van der Waals surface area contributed by atoms with Gasteiger partial charge in [-0.25, -0.2) is 0 Å². The number of rotatable bonds is 6. The van der Waals surface area contributed by atoms with E-state index in [1.807, 2.05) is 5.38 Å². The Morgan fingerprint density at radius 1 is 1.09 bits per heavy atom. The molecule has 1 aliphatic carbocycles. The summed E-state index contributed by atoms with van der Waals surface area (Å²) >= 11 is 2.66. The van der Waals surface area contributed by atoms with Gasteiger partial charge in [0, 0.05) is 11.6 Å². The number of amides is 2. The molecule has 33 heavy (non-hydrogen) atoms. The molecule has 7 nitrogen and oxygen atoms in total. The van der Waals surface area contributed by atoms with Gasteiger partial charge in [0.1, 0.15) is 0 Å². The lowest BCUT2D eigenvalue weighted by Crippen LogP contribution is -2.42. The summed E-state index contributed by atoms with van der Waals surface area (Å²) in [5.41, 5.74) is 7.32. The summed E-state index contributed by atoms with van der Waals surface area (Å²) in [6.07, 6.45) is 4.54. The maximum Gasteiger partial charge on any atom is 0.279 e. The summed E-state index contributed by atoms with van der Waals surface area (Å²) in [5.74, 6) is 0.370. The van der Waals surface area contributed by atoms with E-state index >= 15 is 0 Å². The van der Waals surface area contributed by atoms with E-state index in [-0.39, 0.29) is 23.0 Å². The Balaban J connectivity index is 1.46. The molecule has 0 radical (unpaired) electrons. The number of benzene rings is 1. The van der Waals surface area contributed by atoms with Crippen molar-refractivity contribution in [3.05, 3.63) is 52.2 Å². The molecule has 0 atom stereocenters. The normalized spacial score (nSPS) is 14.4. The second kappa shape index (κ2) is 10.1. The summed E-state index contributed by atoms with van der Waals surface area (Å²) in [6, 6.07) is 12.4. The highest BCUT2D eigenvalue weighted by atomic mass is 32.2. The molecule has 2 N–H and O–H groups in total. The third-order valence-corrected chi connectivity index (χ3v) is 7.57. The van der Waals surface area contributed by atoms with Crippen molar-refractivity contribution in [2.24, 2.45) is 0 Å². The number of thioether (sulfide) groups is 1. The molecule has 1 fully saturated rings. The van der Waals surface area contributed by atoms with Crippen LogP contribution < -0.4 is 10.9 Å². The number of aromatic nitrogens is 3. The predicted octanol–water partition coefficient (Wildman–Crippen LogP) is 4.97. The zero-order valence-electron chi connectivity index (χ0n) is 19.1. The molecule has 1 aliphatic rings. The summed E-state index contributed by atoms with van der Waals surface area (Å²) in [5, 5.41) is 11.5. The molecule has 0 unspecified atom stereocenters. The van der Waals surface area contributed by atoms with Crippen LogP contribution in [-0.4, -0.2) is 32.3 Å². The second-order valence-electron chi connectivity index (χ2n) is 9.21. The number of hydrazine groups is 1. The lowest BCUT2D eigenvalue weighted by molar-refractivity contribution is -0.119. The van der Waals surface area contributed by atoms with Gasteiger partial charge in [-0.05, 0) is 35.3 Å². The zero-order valence-corrected chi connectivity index (χ0v) is 20.8. The maximum absolute atomic E-state index is 12.3. The summed E-state index contributed by atoms with van der Waals surface area (Å²) in [6.45, 7) is 6.60. The van der Waals surface area contributed by atoms with Crippen molar-refractivity contribution in [1.29, 1.82) is 0 Å². The molecular formula is C24H29N5O2S2. The van der Waals surface area contributed by atoms with Crippen molar-refractivity contribution >= 4 is 34.9 Å². The Hall–Kier alpha value is -2.65. The molecule has 1 aromatic carbocycles. The summed E-state index contributed by atoms with van der Waals surface area (Å²) < 4.78 is 2.20. The van der Waals surface area contributed by atoms with Gasteiger partial charge in [0.25, 0.3) is 5.91 Å². The standard InChI is InChI=1S/C24H29N5O2S2/c1-24(2,3)17-12-10-16(11-13-17)21-26-28-23(29(21)18-7-4-5-8-18)33-15-20(30)25-27-22(31)19-9-6-14-32-19/h6,9-14,18H,4-5,7-8,15H2,1-3H3,(H,25,30)(H,27,31). The van der Waals surface area contributed by atoms with Crippen LogP contribution in [0.15, 0.2) is 46.9 Å². The highest BCUT2D eigenvalue weighted by molar-refractivity contribution is 7.99. The van der Waals surface area contributed by atoms with Gasteiger partial charge in [-0.2, -0.15) is 0 Å². The van der Waals surface area contributed by atoms with E-state index in [9.17, 15) is 9.59 Å². The molecule has 3 aromatic rings. The topological polar surface area (TPSA) is 88.9 Å². The minimum atomic E-state index is -0.321. The Labute approximate surface area is 202 Å². The SMILES string of the molecule is CC(C)(C)c1ccc(-c2nnc(SCC(=O)NNC(=O)c3cccs3)n2C2CCCC2)cc1. The molecule has 174 valence electrons. The third kappa shape index (κ3) is 5.65. The number of hydrogen-bond donors (Lipinski definition) is 2. The highest BCUT2D eigenvalue weighted by Gasteiger charge is 2.25. The predicted molar refractivity (Wildman–Crippen MR) is 132 cm³/mol. The fraction of sp³-hybridized carbons (Fsp3) is 0.417. The van der Waals surface area contributed by atoms with E-state index in [1.54, 1.807) is 12.1 Å². The van der Waals surface area contributed by atoms with Crippen molar-refractivity contribution in [3.8, 4) is 11.4 Å². The first-order chi connectivity index (χ1) is 15.8. The lowest BCUT2D eigenvalue weighted by atomic mass is 9.86. The van der Waals surface area contributed by atoms with Gasteiger partial charge in [0.05, 0.1) is 10.6 Å². The summed E-state index contributed by atoms with van der Waals surface area (Å²) in [7, 11) is 0. The number of carbonyl (C=O) groups is 2. The van der Waals surface area contributed by atoms with Crippen LogP contribution in [0.3, 0.4) is 0 Å². The van der Waals surface area contributed by atoms with Crippen molar-refractivity contribution < 1.29 is 9.59 Å². The molecule has 4 rings (SSSR count). The van der Waals surface area contributed by atoms with Gasteiger partial charge in [-0.1, -0.05) is 75.7 Å². The van der Waals surface area contributed by atoms with Crippen LogP contribution in [0.5, 0.6) is 0 Å². The highest BCUT2D eigenvalue weighted by Crippen LogP contribution is 2.37. The number of nitrogens with zero attached hydrogens (tertiary/aromatic N) is 3.